The summed E-state index contributed by atoms with van der Waals surface area (Å²) in [5.74, 6) is -0.609. The van der Waals surface area contributed by atoms with Crippen molar-refractivity contribution in [2.45, 2.75) is 70.8 Å². The smallest absolute Gasteiger partial charge is 0.407 e. The average Bonchev–Trinajstić information content (AvgIpc) is 2.62. The highest BCUT2D eigenvalue weighted by Crippen LogP contribution is 2.20. The zero-order chi connectivity index (χ0) is 19.2. The van der Waals surface area contributed by atoms with E-state index in [-0.39, 0.29) is 31.8 Å². The predicted octanol–water partition coefficient (Wildman–Crippen LogP) is 3.27. The third-order valence-electron chi connectivity index (χ3n) is 4.06. The lowest BCUT2D eigenvalue weighted by Crippen LogP contribution is -2.29. The minimum atomic E-state index is -0.548. The Labute approximate surface area is 155 Å². The van der Waals surface area contributed by atoms with Crippen molar-refractivity contribution in [2.75, 3.05) is 19.8 Å². The molecule has 1 rings (SSSR count). The van der Waals surface area contributed by atoms with E-state index < -0.39 is 12.1 Å². The number of nitrogens with one attached hydrogen (secondary N) is 1. The third kappa shape index (κ3) is 10.7. The molecule has 26 heavy (non-hydrogen) atoms. The van der Waals surface area contributed by atoms with Crippen molar-refractivity contribution in [3.63, 3.8) is 0 Å². The van der Waals surface area contributed by atoms with Gasteiger partial charge in [0.15, 0.2) is 0 Å². The lowest BCUT2D eigenvalue weighted by molar-refractivity contribution is -0.150. The number of hydrogen-bond donors (Lipinski definition) is 1. The highest BCUT2D eigenvalue weighted by atomic mass is 16.6. The van der Waals surface area contributed by atoms with Gasteiger partial charge in [0.05, 0.1) is 13.2 Å². The topological polar surface area (TPSA) is 90.9 Å². The van der Waals surface area contributed by atoms with Crippen LogP contribution < -0.4 is 5.32 Å². The maximum absolute atomic E-state index is 11.7. The van der Waals surface area contributed by atoms with Gasteiger partial charge in [-0.1, -0.05) is 13.0 Å². The van der Waals surface area contributed by atoms with Crippen LogP contribution in [0.4, 0.5) is 4.79 Å². The summed E-state index contributed by atoms with van der Waals surface area (Å²) < 4.78 is 15.3. The van der Waals surface area contributed by atoms with Crippen LogP contribution in [0.2, 0.25) is 0 Å². The molecule has 1 saturated carbocycles. The molecule has 0 heterocycles. The quantitative estimate of drug-likeness (QED) is 0.260. The lowest BCUT2D eigenvalue weighted by Gasteiger charge is -2.21. The third-order valence-corrected chi connectivity index (χ3v) is 4.06. The van der Waals surface area contributed by atoms with Crippen LogP contribution in [0, 0.1) is 0 Å². The molecule has 0 aromatic heterocycles. The second-order valence-corrected chi connectivity index (χ2v) is 6.54. The zero-order valence-corrected chi connectivity index (χ0v) is 15.7. The van der Waals surface area contributed by atoms with Crippen LogP contribution in [0.15, 0.2) is 12.2 Å². The van der Waals surface area contributed by atoms with Crippen LogP contribution in [0.1, 0.15) is 64.7 Å². The van der Waals surface area contributed by atoms with Gasteiger partial charge in [-0.05, 0) is 51.9 Å². The second kappa shape index (κ2) is 13.2. The van der Waals surface area contributed by atoms with Gasteiger partial charge in [-0.3, -0.25) is 4.79 Å². The first-order valence-corrected chi connectivity index (χ1v) is 9.41. The van der Waals surface area contributed by atoms with E-state index in [2.05, 4.69) is 11.9 Å². The van der Waals surface area contributed by atoms with E-state index in [0.717, 1.165) is 38.5 Å². The van der Waals surface area contributed by atoms with E-state index in [4.69, 9.17) is 14.2 Å². The van der Waals surface area contributed by atoms with Crippen molar-refractivity contribution >= 4 is 18.0 Å². The summed E-state index contributed by atoms with van der Waals surface area (Å²) in [6, 6.07) is 0. The SMILES string of the molecule is C=C(C)C(=O)OCCNC(=O)OCCCCCC(=O)OC1CCCCC1. The molecule has 7 nitrogen and oxygen atoms in total. The summed E-state index contributed by atoms with van der Waals surface area (Å²) in [6.07, 6.45) is 7.69. The highest BCUT2D eigenvalue weighted by Gasteiger charge is 2.17. The van der Waals surface area contributed by atoms with Crippen molar-refractivity contribution < 1.29 is 28.6 Å². The summed E-state index contributed by atoms with van der Waals surface area (Å²) in [5, 5.41) is 2.49. The second-order valence-electron chi connectivity index (χ2n) is 6.54. The van der Waals surface area contributed by atoms with E-state index in [1.54, 1.807) is 6.92 Å². The first-order valence-electron chi connectivity index (χ1n) is 9.41. The maximum Gasteiger partial charge on any atom is 0.407 e. The van der Waals surface area contributed by atoms with Crippen molar-refractivity contribution in [1.29, 1.82) is 0 Å². The van der Waals surface area contributed by atoms with Gasteiger partial charge in [0.25, 0.3) is 0 Å². The summed E-state index contributed by atoms with van der Waals surface area (Å²) in [5.41, 5.74) is 0.315. The van der Waals surface area contributed by atoms with E-state index in [0.29, 0.717) is 18.4 Å². The van der Waals surface area contributed by atoms with E-state index in [1.807, 2.05) is 0 Å². The first-order chi connectivity index (χ1) is 12.5. The van der Waals surface area contributed by atoms with Gasteiger partial charge in [0, 0.05) is 12.0 Å². The summed E-state index contributed by atoms with van der Waals surface area (Å²) in [7, 11) is 0. The molecule has 0 bridgehead atoms. The Morgan fingerprint density at radius 2 is 1.73 bits per heavy atom. The fourth-order valence-electron chi connectivity index (χ4n) is 2.61. The number of carbonyl (C=O) groups excluding carboxylic acids is 3. The predicted molar refractivity (Wildman–Crippen MR) is 96.6 cm³/mol. The number of ether oxygens (including phenoxy) is 3. The number of esters is 2. The van der Waals surface area contributed by atoms with Gasteiger partial charge in [-0.15, -0.1) is 0 Å². The number of carbonyl (C=O) groups is 3. The molecule has 0 aliphatic heterocycles. The molecule has 1 fully saturated rings. The molecule has 1 aliphatic rings. The first kappa shape index (κ1) is 22.0. The Morgan fingerprint density at radius 3 is 2.42 bits per heavy atom. The standard InChI is InChI=1S/C19H31NO6/c1-15(2)18(22)24-14-12-20-19(23)25-13-8-4-7-11-17(21)26-16-9-5-3-6-10-16/h16H,1,3-14H2,2H3,(H,20,23). The molecule has 7 heteroatoms. The maximum atomic E-state index is 11.7. The van der Waals surface area contributed by atoms with E-state index in [1.165, 1.54) is 6.42 Å². The summed E-state index contributed by atoms with van der Waals surface area (Å²) in [6.45, 7) is 5.56. The van der Waals surface area contributed by atoms with Crippen LogP contribution in [0.5, 0.6) is 0 Å². The molecule has 0 unspecified atom stereocenters. The van der Waals surface area contributed by atoms with Gasteiger partial charge in [0.1, 0.15) is 12.7 Å². The Hall–Kier alpha value is -2.05. The molecular weight excluding hydrogens is 338 g/mol. The minimum Gasteiger partial charge on any atom is -0.462 e. The number of amides is 1. The summed E-state index contributed by atoms with van der Waals surface area (Å²) >= 11 is 0. The van der Waals surface area contributed by atoms with Crippen molar-refractivity contribution in [3.8, 4) is 0 Å². The molecule has 0 aromatic rings. The molecule has 0 atom stereocenters. The van der Waals surface area contributed by atoms with Crippen LogP contribution in [0.25, 0.3) is 0 Å². The van der Waals surface area contributed by atoms with Gasteiger partial charge in [-0.2, -0.15) is 0 Å². The highest BCUT2D eigenvalue weighted by molar-refractivity contribution is 5.86. The fraction of sp³-hybridized carbons (Fsp3) is 0.737. The molecule has 148 valence electrons. The van der Waals surface area contributed by atoms with Gasteiger partial charge >= 0.3 is 18.0 Å². The normalized spacial score (nSPS) is 14.3. The minimum absolute atomic E-state index is 0.0733. The monoisotopic (exact) mass is 369 g/mol. The van der Waals surface area contributed by atoms with Crippen molar-refractivity contribution in [3.05, 3.63) is 12.2 Å². The molecule has 1 aliphatic carbocycles. The molecular formula is C19H31NO6. The van der Waals surface area contributed by atoms with Crippen LogP contribution in [-0.4, -0.2) is 43.9 Å². The Morgan fingerprint density at radius 1 is 1.00 bits per heavy atom. The van der Waals surface area contributed by atoms with Crippen molar-refractivity contribution in [1.82, 2.24) is 5.32 Å². The number of alkyl carbamates (subject to hydrolysis) is 1. The van der Waals surface area contributed by atoms with Crippen molar-refractivity contribution in [2.24, 2.45) is 0 Å². The van der Waals surface area contributed by atoms with Crippen LogP contribution >= 0.6 is 0 Å². The molecule has 0 radical (unpaired) electrons. The molecule has 0 spiro atoms. The number of rotatable bonds is 11. The molecule has 1 N–H and O–H groups in total. The van der Waals surface area contributed by atoms with Crippen LogP contribution in [-0.2, 0) is 23.8 Å². The fourth-order valence-corrected chi connectivity index (χ4v) is 2.61. The Balaban J connectivity index is 1.91. The Kier molecular flexibility index (Phi) is 11.2. The zero-order valence-electron chi connectivity index (χ0n) is 15.7. The van der Waals surface area contributed by atoms with E-state index >= 15 is 0 Å². The molecule has 0 saturated heterocycles. The summed E-state index contributed by atoms with van der Waals surface area (Å²) in [4.78, 5) is 34.3. The number of unbranched alkanes of at least 4 members (excludes halogenated alkanes) is 2. The van der Waals surface area contributed by atoms with Gasteiger partial charge < -0.3 is 19.5 Å². The number of hydrogen-bond acceptors (Lipinski definition) is 6. The molecule has 0 aromatic carbocycles. The molecule has 1 amide bonds. The Bertz CT molecular complexity index is 471. The van der Waals surface area contributed by atoms with Crippen LogP contribution in [0.3, 0.4) is 0 Å². The van der Waals surface area contributed by atoms with Gasteiger partial charge in [0.2, 0.25) is 0 Å². The van der Waals surface area contributed by atoms with E-state index in [9.17, 15) is 14.4 Å². The lowest BCUT2D eigenvalue weighted by atomic mass is 9.98. The van der Waals surface area contributed by atoms with Gasteiger partial charge in [-0.25, -0.2) is 9.59 Å². The largest absolute Gasteiger partial charge is 0.462 e. The average molecular weight is 369 g/mol.